The van der Waals surface area contributed by atoms with E-state index in [0.29, 0.717) is 0 Å². The summed E-state index contributed by atoms with van der Waals surface area (Å²) < 4.78 is 5.69. The Bertz CT molecular complexity index is 348. The molecule has 1 aromatic carbocycles. The number of hydrogen-bond donors (Lipinski definition) is 1. The van der Waals surface area contributed by atoms with Gasteiger partial charge in [-0.15, -0.1) is 0 Å². The first-order valence-corrected chi connectivity index (χ1v) is 5.24. The average Bonchev–Trinajstić information content (AvgIpc) is 2.73. The maximum atomic E-state index is 9.22. The Morgan fingerprint density at radius 2 is 2.07 bits per heavy atom. The van der Waals surface area contributed by atoms with Crippen LogP contribution in [0.2, 0.25) is 0 Å². The zero-order chi connectivity index (χ0) is 10.7. The number of aliphatic hydroxyl groups is 1. The van der Waals surface area contributed by atoms with Crippen molar-refractivity contribution in [1.82, 2.24) is 0 Å². The molecule has 0 amide bonds. The second-order valence-corrected chi connectivity index (χ2v) is 3.58. The average molecular weight is 205 g/mol. The molecule has 0 saturated heterocycles. The summed E-state index contributed by atoms with van der Waals surface area (Å²) in [5, 5.41) is 9.22. The van der Waals surface area contributed by atoms with E-state index < -0.39 is 0 Å². The smallest absolute Gasteiger partial charge is 0.184 e. The second kappa shape index (κ2) is 4.45. The number of aliphatic hydroxyl groups excluding tert-OH is 1. The van der Waals surface area contributed by atoms with E-state index in [1.807, 2.05) is 37.3 Å². The zero-order valence-corrected chi connectivity index (χ0v) is 8.76. The summed E-state index contributed by atoms with van der Waals surface area (Å²) >= 11 is 0. The fraction of sp³-hybridized carbons (Fsp3) is 0.417. The van der Waals surface area contributed by atoms with Crippen molar-refractivity contribution in [2.75, 3.05) is 6.61 Å². The van der Waals surface area contributed by atoms with Gasteiger partial charge >= 0.3 is 0 Å². The standard InChI is InChI=1S/C12H15NO2/c1-2-11-13-10(8-14)12(15-11)9-6-4-3-5-7-9/h3-7,10,12,14H,2,8H2,1H3/t10-,12-/m1/s1. The summed E-state index contributed by atoms with van der Waals surface area (Å²) in [6.07, 6.45) is 0.658. The Balaban J connectivity index is 2.19. The molecular formula is C12H15NO2. The highest BCUT2D eigenvalue weighted by molar-refractivity contribution is 5.78. The third kappa shape index (κ3) is 2.02. The minimum absolute atomic E-state index is 0.0308. The third-order valence-corrected chi connectivity index (χ3v) is 2.54. The van der Waals surface area contributed by atoms with Gasteiger partial charge in [0.15, 0.2) is 5.90 Å². The Kier molecular flexibility index (Phi) is 3.02. The van der Waals surface area contributed by atoms with Crippen molar-refractivity contribution in [1.29, 1.82) is 0 Å². The molecule has 1 aliphatic rings. The summed E-state index contributed by atoms with van der Waals surface area (Å²) in [6.45, 7) is 2.03. The van der Waals surface area contributed by atoms with Gasteiger partial charge in [0.1, 0.15) is 12.1 Å². The van der Waals surface area contributed by atoms with Crippen LogP contribution < -0.4 is 0 Å². The molecule has 15 heavy (non-hydrogen) atoms. The molecule has 2 rings (SSSR count). The molecule has 0 aromatic heterocycles. The lowest BCUT2D eigenvalue weighted by molar-refractivity contribution is 0.149. The zero-order valence-electron chi connectivity index (χ0n) is 8.76. The molecule has 1 N–H and O–H groups in total. The van der Waals surface area contributed by atoms with Crippen molar-refractivity contribution < 1.29 is 9.84 Å². The highest BCUT2D eigenvalue weighted by Gasteiger charge is 2.30. The fourth-order valence-electron chi connectivity index (χ4n) is 1.75. The van der Waals surface area contributed by atoms with E-state index in [9.17, 15) is 5.11 Å². The lowest BCUT2D eigenvalue weighted by Crippen LogP contribution is -2.17. The van der Waals surface area contributed by atoms with Crippen molar-refractivity contribution in [3.63, 3.8) is 0 Å². The van der Waals surface area contributed by atoms with E-state index in [1.165, 1.54) is 0 Å². The van der Waals surface area contributed by atoms with Crippen LogP contribution in [0.25, 0.3) is 0 Å². The number of ether oxygens (including phenoxy) is 1. The number of hydrogen-bond acceptors (Lipinski definition) is 3. The monoisotopic (exact) mass is 205 g/mol. The Morgan fingerprint density at radius 1 is 1.33 bits per heavy atom. The number of nitrogens with zero attached hydrogens (tertiary/aromatic N) is 1. The molecule has 0 unspecified atom stereocenters. The van der Waals surface area contributed by atoms with Crippen molar-refractivity contribution in [2.24, 2.45) is 4.99 Å². The first-order valence-electron chi connectivity index (χ1n) is 5.24. The topological polar surface area (TPSA) is 41.8 Å². The van der Waals surface area contributed by atoms with E-state index in [4.69, 9.17) is 4.74 Å². The Labute approximate surface area is 89.4 Å². The molecule has 1 aromatic rings. The van der Waals surface area contributed by atoms with Gasteiger partial charge in [0.05, 0.1) is 6.61 Å². The molecule has 3 heteroatoms. The van der Waals surface area contributed by atoms with Gasteiger partial charge in [-0.1, -0.05) is 37.3 Å². The molecule has 0 fully saturated rings. The van der Waals surface area contributed by atoms with Gasteiger partial charge in [-0.05, 0) is 5.56 Å². The second-order valence-electron chi connectivity index (χ2n) is 3.58. The summed E-state index contributed by atoms with van der Waals surface area (Å²) in [6, 6.07) is 9.76. The van der Waals surface area contributed by atoms with Gasteiger partial charge in [-0.25, -0.2) is 4.99 Å². The van der Waals surface area contributed by atoms with Crippen LogP contribution in [0.15, 0.2) is 35.3 Å². The van der Waals surface area contributed by atoms with Crippen LogP contribution in [0, 0.1) is 0 Å². The SMILES string of the molecule is CCC1=N[C@H](CO)[C@@H](c2ccccc2)O1. The third-order valence-electron chi connectivity index (χ3n) is 2.54. The van der Waals surface area contributed by atoms with Gasteiger partial charge in [-0.2, -0.15) is 0 Å². The first kappa shape index (κ1) is 10.2. The predicted molar refractivity (Wildman–Crippen MR) is 58.9 cm³/mol. The van der Waals surface area contributed by atoms with Crippen LogP contribution in [-0.2, 0) is 4.74 Å². The molecule has 0 saturated carbocycles. The van der Waals surface area contributed by atoms with E-state index in [-0.39, 0.29) is 18.8 Å². The van der Waals surface area contributed by atoms with E-state index in [0.717, 1.165) is 17.9 Å². The van der Waals surface area contributed by atoms with Crippen LogP contribution in [0.3, 0.4) is 0 Å². The Morgan fingerprint density at radius 3 is 2.67 bits per heavy atom. The fourth-order valence-corrected chi connectivity index (χ4v) is 1.75. The molecule has 0 spiro atoms. The van der Waals surface area contributed by atoms with Gasteiger partial charge in [0.25, 0.3) is 0 Å². The predicted octanol–water partition coefficient (Wildman–Crippen LogP) is 1.93. The summed E-state index contributed by atoms with van der Waals surface area (Å²) in [5.41, 5.74) is 1.07. The molecular weight excluding hydrogens is 190 g/mol. The molecule has 0 aliphatic carbocycles. The number of benzene rings is 1. The van der Waals surface area contributed by atoms with Crippen molar-refractivity contribution in [3.05, 3.63) is 35.9 Å². The van der Waals surface area contributed by atoms with Gasteiger partial charge in [-0.3, -0.25) is 0 Å². The minimum atomic E-state index is -0.151. The van der Waals surface area contributed by atoms with Gasteiger partial charge < -0.3 is 9.84 Å². The van der Waals surface area contributed by atoms with Crippen LogP contribution >= 0.6 is 0 Å². The van der Waals surface area contributed by atoms with E-state index in [2.05, 4.69) is 4.99 Å². The van der Waals surface area contributed by atoms with Crippen molar-refractivity contribution in [2.45, 2.75) is 25.5 Å². The maximum Gasteiger partial charge on any atom is 0.184 e. The molecule has 1 heterocycles. The quantitative estimate of drug-likeness (QED) is 0.819. The summed E-state index contributed by atoms with van der Waals surface area (Å²) in [5.74, 6) is 0.739. The molecule has 2 atom stereocenters. The van der Waals surface area contributed by atoms with Gasteiger partial charge in [0, 0.05) is 6.42 Å². The number of rotatable bonds is 3. The molecule has 3 nitrogen and oxygen atoms in total. The molecule has 0 radical (unpaired) electrons. The van der Waals surface area contributed by atoms with Crippen molar-refractivity contribution >= 4 is 5.90 Å². The molecule has 0 bridgehead atoms. The van der Waals surface area contributed by atoms with Crippen LogP contribution in [0.5, 0.6) is 0 Å². The largest absolute Gasteiger partial charge is 0.471 e. The van der Waals surface area contributed by atoms with Crippen molar-refractivity contribution in [3.8, 4) is 0 Å². The molecule has 80 valence electrons. The highest BCUT2D eigenvalue weighted by atomic mass is 16.5. The lowest BCUT2D eigenvalue weighted by atomic mass is 10.0. The van der Waals surface area contributed by atoms with Crippen LogP contribution in [0.4, 0.5) is 0 Å². The van der Waals surface area contributed by atoms with Gasteiger partial charge in [0.2, 0.25) is 0 Å². The minimum Gasteiger partial charge on any atom is -0.471 e. The van der Waals surface area contributed by atoms with E-state index >= 15 is 0 Å². The number of aliphatic imine (C=N–C) groups is 1. The summed E-state index contributed by atoms with van der Waals surface area (Å²) in [7, 11) is 0. The van der Waals surface area contributed by atoms with Crippen LogP contribution in [-0.4, -0.2) is 23.7 Å². The highest BCUT2D eigenvalue weighted by Crippen LogP contribution is 2.29. The van der Waals surface area contributed by atoms with E-state index in [1.54, 1.807) is 0 Å². The summed E-state index contributed by atoms with van der Waals surface area (Å²) in [4.78, 5) is 4.33. The normalized spacial score (nSPS) is 24.8. The molecule has 1 aliphatic heterocycles. The van der Waals surface area contributed by atoms with Crippen LogP contribution in [0.1, 0.15) is 25.0 Å². The Hall–Kier alpha value is -1.35. The lowest BCUT2D eigenvalue weighted by Gasteiger charge is -2.15. The maximum absolute atomic E-state index is 9.22. The first-order chi connectivity index (χ1) is 7.35.